The van der Waals surface area contributed by atoms with E-state index in [1.807, 2.05) is 6.20 Å². The first kappa shape index (κ1) is 15.6. The molecule has 7 heteroatoms. The third-order valence-corrected chi connectivity index (χ3v) is 3.85. The number of fused-ring (bicyclic) bond motifs is 2. The van der Waals surface area contributed by atoms with Crippen molar-refractivity contribution in [3.63, 3.8) is 0 Å². The van der Waals surface area contributed by atoms with Crippen LogP contribution in [0.4, 0.5) is 4.39 Å². The summed E-state index contributed by atoms with van der Waals surface area (Å²) in [7, 11) is 0. The van der Waals surface area contributed by atoms with Crippen molar-refractivity contribution in [1.82, 2.24) is 20.3 Å². The Morgan fingerprint density at radius 3 is 3.00 bits per heavy atom. The molecule has 0 saturated carbocycles. The number of halogens is 1. The fourth-order valence-electron chi connectivity index (χ4n) is 2.60. The lowest BCUT2D eigenvalue weighted by Crippen LogP contribution is -2.35. The molecule has 3 rings (SSSR count). The normalized spacial score (nSPS) is 19.5. The summed E-state index contributed by atoms with van der Waals surface area (Å²) < 4.78 is 20.2. The standard InChI is InChI=1S/C16H19FN4O2/c17-14-3-1-12(2-4-14)9-13-5-7-21-10-15(19-20-21)11-23-8-6-18-16(13)22/h1-4,10,13H,5-9,11H2,(H,18,22)/t13-/m0/s1. The molecular formula is C16H19FN4O2. The zero-order chi connectivity index (χ0) is 16.1. The van der Waals surface area contributed by atoms with Crippen molar-refractivity contribution in [3.05, 3.63) is 47.5 Å². The minimum atomic E-state index is -0.274. The van der Waals surface area contributed by atoms with Crippen LogP contribution in [0.25, 0.3) is 0 Å². The summed E-state index contributed by atoms with van der Waals surface area (Å²) in [4.78, 5) is 12.4. The molecule has 2 bridgehead atoms. The summed E-state index contributed by atoms with van der Waals surface area (Å²) >= 11 is 0. The number of ether oxygens (including phenoxy) is 1. The lowest BCUT2D eigenvalue weighted by Gasteiger charge is -2.17. The third-order valence-electron chi connectivity index (χ3n) is 3.85. The number of rotatable bonds is 2. The Balaban J connectivity index is 1.72. The van der Waals surface area contributed by atoms with Gasteiger partial charge in [0.25, 0.3) is 0 Å². The van der Waals surface area contributed by atoms with E-state index in [1.165, 1.54) is 12.1 Å². The topological polar surface area (TPSA) is 69.0 Å². The van der Waals surface area contributed by atoms with Gasteiger partial charge in [-0.05, 0) is 30.5 Å². The Morgan fingerprint density at radius 2 is 2.17 bits per heavy atom. The van der Waals surface area contributed by atoms with Crippen molar-refractivity contribution in [3.8, 4) is 0 Å². The second kappa shape index (κ2) is 7.32. The minimum absolute atomic E-state index is 0.0150. The van der Waals surface area contributed by atoms with Gasteiger partial charge >= 0.3 is 0 Å². The summed E-state index contributed by atoms with van der Waals surface area (Å²) in [6.45, 7) is 1.90. The van der Waals surface area contributed by atoms with Crippen molar-refractivity contribution >= 4 is 5.91 Å². The maximum atomic E-state index is 13.0. The van der Waals surface area contributed by atoms with Crippen LogP contribution in [0.1, 0.15) is 17.7 Å². The second-order valence-corrected chi connectivity index (χ2v) is 5.63. The van der Waals surface area contributed by atoms with Crippen molar-refractivity contribution in [1.29, 1.82) is 0 Å². The smallest absolute Gasteiger partial charge is 0.223 e. The van der Waals surface area contributed by atoms with Gasteiger partial charge in [0.15, 0.2) is 0 Å². The highest BCUT2D eigenvalue weighted by molar-refractivity contribution is 5.78. The highest BCUT2D eigenvalue weighted by Crippen LogP contribution is 2.15. The van der Waals surface area contributed by atoms with Crippen LogP contribution in [0.15, 0.2) is 30.5 Å². The molecule has 0 saturated heterocycles. The van der Waals surface area contributed by atoms with Crippen LogP contribution in [-0.2, 0) is 29.1 Å². The molecule has 1 aromatic carbocycles. The van der Waals surface area contributed by atoms with Crippen LogP contribution in [0.3, 0.4) is 0 Å². The molecule has 1 amide bonds. The molecule has 0 fully saturated rings. The van der Waals surface area contributed by atoms with E-state index < -0.39 is 0 Å². The maximum Gasteiger partial charge on any atom is 0.223 e. The Bertz CT molecular complexity index is 656. The highest BCUT2D eigenvalue weighted by Gasteiger charge is 2.19. The number of carbonyl (C=O) groups is 1. The number of hydrogen-bond acceptors (Lipinski definition) is 4. The third kappa shape index (κ3) is 4.35. The van der Waals surface area contributed by atoms with Crippen LogP contribution in [-0.4, -0.2) is 34.1 Å². The predicted octanol–water partition coefficient (Wildman–Crippen LogP) is 1.31. The van der Waals surface area contributed by atoms with Gasteiger partial charge in [0, 0.05) is 19.0 Å². The van der Waals surface area contributed by atoms with Crippen molar-refractivity contribution in [2.45, 2.75) is 26.0 Å². The number of aromatic nitrogens is 3. The number of nitrogens with one attached hydrogen (secondary N) is 1. The largest absolute Gasteiger partial charge is 0.373 e. The molecule has 2 aromatic rings. The second-order valence-electron chi connectivity index (χ2n) is 5.63. The van der Waals surface area contributed by atoms with Crippen molar-refractivity contribution in [2.75, 3.05) is 13.2 Å². The van der Waals surface area contributed by atoms with Crippen LogP contribution < -0.4 is 5.32 Å². The van der Waals surface area contributed by atoms with Gasteiger partial charge in [-0.15, -0.1) is 5.10 Å². The molecule has 1 aliphatic rings. The molecule has 0 unspecified atom stereocenters. The average molecular weight is 318 g/mol. The molecule has 1 aromatic heterocycles. The molecule has 1 aliphatic heterocycles. The number of aryl methyl sites for hydroxylation is 1. The SMILES string of the molecule is O=C1NCCOCc2cn(nn2)CC[C@H]1Cc1ccc(F)cc1. The number of nitrogens with zero attached hydrogens (tertiary/aromatic N) is 3. The quantitative estimate of drug-likeness (QED) is 0.906. The van der Waals surface area contributed by atoms with Crippen molar-refractivity contribution in [2.24, 2.45) is 5.92 Å². The predicted molar refractivity (Wildman–Crippen MR) is 80.9 cm³/mol. The first-order valence-corrected chi connectivity index (χ1v) is 7.69. The van der Waals surface area contributed by atoms with Crippen LogP contribution >= 0.6 is 0 Å². The van der Waals surface area contributed by atoms with E-state index in [0.29, 0.717) is 39.1 Å². The lowest BCUT2D eigenvalue weighted by atomic mass is 9.95. The van der Waals surface area contributed by atoms with Crippen LogP contribution in [0, 0.1) is 11.7 Å². The number of amides is 1. The molecule has 0 spiro atoms. The number of hydrogen-bond donors (Lipinski definition) is 1. The summed E-state index contributed by atoms with van der Waals surface area (Å²) in [5.41, 5.74) is 1.72. The van der Waals surface area contributed by atoms with Gasteiger partial charge in [-0.1, -0.05) is 17.3 Å². The summed E-state index contributed by atoms with van der Waals surface area (Å²) in [5.74, 6) is -0.490. The Morgan fingerprint density at radius 1 is 1.35 bits per heavy atom. The van der Waals surface area contributed by atoms with Gasteiger partial charge < -0.3 is 10.1 Å². The fourth-order valence-corrected chi connectivity index (χ4v) is 2.60. The van der Waals surface area contributed by atoms with E-state index in [4.69, 9.17) is 4.74 Å². The van der Waals surface area contributed by atoms with Gasteiger partial charge in [-0.25, -0.2) is 4.39 Å². The zero-order valence-electron chi connectivity index (χ0n) is 12.7. The molecule has 1 atom stereocenters. The lowest BCUT2D eigenvalue weighted by molar-refractivity contribution is -0.125. The molecule has 6 nitrogen and oxygen atoms in total. The Kier molecular flexibility index (Phi) is 4.97. The number of benzene rings is 1. The first-order chi connectivity index (χ1) is 11.2. The van der Waals surface area contributed by atoms with E-state index in [0.717, 1.165) is 11.3 Å². The highest BCUT2D eigenvalue weighted by atomic mass is 19.1. The van der Waals surface area contributed by atoms with E-state index >= 15 is 0 Å². The average Bonchev–Trinajstić information content (AvgIpc) is 3.00. The Labute approximate surface area is 133 Å². The molecule has 1 N–H and O–H groups in total. The first-order valence-electron chi connectivity index (χ1n) is 7.69. The van der Waals surface area contributed by atoms with Crippen LogP contribution in [0.2, 0.25) is 0 Å². The molecule has 122 valence electrons. The van der Waals surface area contributed by atoms with E-state index in [2.05, 4.69) is 15.6 Å². The zero-order valence-corrected chi connectivity index (χ0v) is 12.7. The summed E-state index contributed by atoms with van der Waals surface area (Å²) in [5, 5.41) is 11.0. The number of carbonyl (C=O) groups excluding carboxylic acids is 1. The Hall–Kier alpha value is -2.28. The van der Waals surface area contributed by atoms with Gasteiger partial charge in [0.2, 0.25) is 5.91 Å². The maximum absolute atomic E-state index is 13.0. The van der Waals surface area contributed by atoms with Gasteiger partial charge in [-0.3, -0.25) is 9.48 Å². The molecule has 23 heavy (non-hydrogen) atoms. The van der Waals surface area contributed by atoms with Gasteiger partial charge in [-0.2, -0.15) is 0 Å². The molecular weight excluding hydrogens is 299 g/mol. The van der Waals surface area contributed by atoms with E-state index in [9.17, 15) is 9.18 Å². The van der Waals surface area contributed by atoms with E-state index in [1.54, 1.807) is 16.8 Å². The van der Waals surface area contributed by atoms with Crippen molar-refractivity contribution < 1.29 is 13.9 Å². The molecule has 0 aliphatic carbocycles. The summed E-state index contributed by atoms with van der Waals surface area (Å²) in [6, 6.07) is 6.27. The monoisotopic (exact) mass is 318 g/mol. The van der Waals surface area contributed by atoms with Crippen LogP contribution in [0.5, 0.6) is 0 Å². The van der Waals surface area contributed by atoms with E-state index in [-0.39, 0.29) is 17.6 Å². The fraction of sp³-hybridized carbons (Fsp3) is 0.438. The van der Waals surface area contributed by atoms with Gasteiger partial charge in [0.1, 0.15) is 11.5 Å². The minimum Gasteiger partial charge on any atom is -0.373 e. The van der Waals surface area contributed by atoms with Gasteiger partial charge in [0.05, 0.1) is 19.4 Å². The molecule has 2 heterocycles. The summed E-state index contributed by atoms with van der Waals surface area (Å²) in [6.07, 6.45) is 3.05. The molecule has 0 radical (unpaired) electrons.